The van der Waals surface area contributed by atoms with Crippen molar-refractivity contribution in [2.45, 2.75) is 33.4 Å². The van der Waals surface area contributed by atoms with Crippen LogP contribution < -0.4 is 5.32 Å². The summed E-state index contributed by atoms with van der Waals surface area (Å²) in [6, 6.07) is 9.60. The molecule has 0 saturated carbocycles. The van der Waals surface area contributed by atoms with Crippen molar-refractivity contribution < 1.29 is 4.79 Å². The van der Waals surface area contributed by atoms with Gasteiger partial charge in [-0.1, -0.05) is 29.8 Å². The summed E-state index contributed by atoms with van der Waals surface area (Å²) in [5.41, 5.74) is 2.95. The van der Waals surface area contributed by atoms with Crippen LogP contribution in [-0.2, 0) is 17.9 Å². The average molecular weight is 437 g/mol. The standard InChI is InChI=1S/C18H19BrClN5O/c1-12-9-13(2)25(22-12)8-7-17(26)21-18-15(19)11-24(23-18)10-14-5-3-4-6-16(14)20/h3-6,9,11H,7-8,10H2,1-2H3,(H,21,23,26). The highest BCUT2D eigenvalue weighted by Gasteiger charge is 2.12. The first kappa shape index (κ1) is 18.7. The normalized spacial score (nSPS) is 10.9. The summed E-state index contributed by atoms with van der Waals surface area (Å²) in [6.45, 7) is 4.97. The summed E-state index contributed by atoms with van der Waals surface area (Å²) < 4.78 is 4.30. The molecule has 0 aliphatic heterocycles. The molecular weight excluding hydrogens is 418 g/mol. The Bertz CT molecular complexity index is 934. The first-order valence-corrected chi connectivity index (χ1v) is 9.37. The molecule has 3 rings (SSSR count). The van der Waals surface area contributed by atoms with E-state index in [-0.39, 0.29) is 5.91 Å². The molecule has 0 bridgehead atoms. The van der Waals surface area contributed by atoms with Crippen LogP contribution in [0.4, 0.5) is 5.82 Å². The number of carbonyl (C=O) groups excluding carboxylic acids is 1. The monoisotopic (exact) mass is 435 g/mol. The van der Waals surface area contributed by atoms with Crippen LogP contribution in [-0.4, -0.2) is 25.5 Å². The van der Waals surface area contributed by atoms with Crippen LogP contribution in [0.2, 0.25) is 5.02 Å². The molecule has 0 saturated heterocycles. The van der Waals surface area contributed by atoms with E-state index in [2.05, 4.69) is 31.4 Å². The molecule has 6 nitrogen and oxygen atoms in total. The number of hydrogen-bond acceptors (Lipinski definition) is 3. The number of halogens is 2. The van der Waals surface area contributed by atoms with Crippen molar-refractivity contribution in [1.82, 2.24) is 19.6 Å². The van der Waals surface area contributed by atoms with Crippen LogP contribution in [0.15, 0.2) is 41.0 Å². The molecule has 2 heterocycles. The highest BCUT2D eigenvalue weighted by molar-refractivity contribution is 9.10. The Kier molecular flexibility index (Phi) is 5.78. The molecule has 2 aromatic heterocycles. The van der Waals surface area contributed by atoms with Crippen molar-refractivity contribution in [3.05, 3.63) is 63.0 Å². The number of hydrogen-bond donors (Lipinski definition) is 1. The zero-order valence-corrected chi connectivity index (χ0v) is 16.9. The average Bonchev–Trinajstić information content (AvgIpc) is 3.09. The Balaban J connectivity index is 1.61. The smallest absolute Gasteiger partial charge is 0.227 e. The van der Waals surface area contributed by atoms with Gasteiger partial charge >= 0.3 is 0 Å². The maximum Gasteiger partial charge on any atom is 0.227 e. The van der Waals surface area contributed by atoms with Gasteiger partial charge in [-0.05, 0) is 47.5 Å². The van der Waals surface area contributed by atoms with Crippen LogP contribution in [0.5, 0.6) is 0 Å². The number of benzene rings is 1. The lowest BCUT2D eigenvalue weighted by molar-refractivity contribution is -0.116. The molecule has 0 aliphatic carbocycles. The molecule has 0 radical (unpaired) electrons. The lowest BCUT2D eigenvalue weighted by Crippen LogP contribution is -2.16. The SMILES string of the molecule is Cc1cc(C)n(CCC(=O)Nc2nn(Cc3ccccc3Cl)cc2Br)n1. The molecule has 1 aromatic carbocycles. The van der Waals surface area contributed by atoms with Crippen molar-refractivity contribution in [1.29, 1.82) is 0 Å². The molecule has 0 aliphatic rings. The fraction of sp³-hybridized carbons (Fsp3) is 0.278. The van der Waals surface area contributed by atoms with Gasteiger partial charge in [0.25, 0.3) is 0 Å². The lowest BCUT2D eigenvalue weighted by Gasteiger charge is -2.06. The van der Waals surface area contributed by atoms with Crippen molar-refractivity contribution in [3.63, 3.8) is 0 Å². The minimum atomic E-state index is -0.110. The third kappa shape index (κ3) is 4.53. The molecular formula is C18H19BrClN5O. The molecule has 8 heteroatoms. The molecule has 0 atom stereocenters. The zero-order valence-electron chi connectivity index (χ0n) is 14.5. The lowest BCUT2D eigenvalue weighted by atomic mass is 10.2. The maximum absolute atomic E-state index is 12.2. The van der Waals surface area contributed by atoms with E-state index in [1.165, 1.54) is 0 Å². The van der Waals surface area contributed by atoms with Gasteiger partial charge < -0.3 is 5.32 Å². The number of rotatable bonds is 6. The second-order valence-electron chi connectivity index (χ2n) is 6.06. The first-order chi connectivity index (χ1) is 12.4. The van der Waals surface area contributed by atoms with E-state index in [1.807, 2.05) is 55.1 Å². The van der Waals surface area contributed by atoms with E-state index >= 15 is 0 Å². The molecule has 0 unspecified atom stereocenters. The second-order valence-corrected chi connectivity index (χ2v) is 7.32. The summed E-state index contributed by atoms with van der Waals surface area (Å²) in [7, 11) is 0. The molecule has 0 spiro atoms. The Morgan fingerprint density at radius 3 is 2.73 bits per heavy atom. The third-order valence-electron chi connectivity index (χ3n) is 3.92. The van der Waals surface area contributed by atoms with Crippen LogP contribution >= 0.6 is 27.5 Å². The Hall–Kier alpha value is -2.12. The second kappa shape index (κ2) is 8.05. The van der Waals surface area contributed by atoms with E-state index in [9.17, 15) is 4.79 Å². The Labute approximate surface area is 165 Å². The van der Waals surface area contributed by atoms with Gasteiger partial charge in [0, 0.05) is 29.9 Å². The predicted molar refractivity (Wildman–Crippen MR) is 105 cm³/mol. The number of nitrogens with one attached hydrogen (secondary N) is 1. The van der Waals surface area contributed by atoms with Gasteiger partial charge in [-0.3, -0.25) is 14.2 Å². The van der Waals surface area contributed by atoms with Crippen LogP contribution in [0.3, 0.4) is 0 Å². The summed E-state index contributed by atoms with van der Waals surface area (Å²) in [5.74, 6) is 0.386. The van der Waals surface area contributed by atoms with Gasteiger partial charge in [-0.15, -0.1) is 0 Å². The van der Waals surface area contributed by atoms with E-state index in [0.717, 1.165) is 21.4 Å². The van der Waals surface area contributed by atoms with Gasteiger partial charge in [-0.25, -0.2) is 0 Å². The van der Waals surface area contributed by atoms with Crippen LogP contribution in [0, 0.1) is 13.8 Å². The number of aromatic nitrogens is 4. The zero-order chi connectivity index (χ0) is 18.7. The summed E-state index contributed by atoms with van der Waals surface area (Å²) in [6.07, 6.45) is 2.14. The largest absolute Gasteiger partial charge is 0.308 e. The molecule has 136 valence electrons. The summed E-state index contributed by atoms with van der Waals surface area (Å²) in [4.78, 5) is 12.2. The number of anilines is 1. The van der Waals surface area contributed by atoms with Crippen molar-refractivity contribution in [2.24, 2.45) is 0 Å². The predicted octanol–water partition coefficient (Wildman–Crippen LogP) is 4.19. The quantitative estimate of drug-likeness (QED) is 0.630. The van der Waals surface area contributed by atoms with Crippen LogP contribution in [0.1, 0.15) is 23.4 Å². The highest BCUT2D eigenvalue weighted by Crippen LogP contribution is 2.22. The highest BCUT2D eigenvalue weighted by atomic mass is 79.9. The number of aryl methyl sites for hydroxylation is 3. The van der Waals surface area contributed by atoms with Gasteiger partial charge in [0.1, 0.15) is 0 Å². The maximum atomic E-state index is 12.2. The number of nitrogens with zero attached hydrogens (tertiary/aromatic N) is 4. The van der Waals surface area contributed by atoms with Gasteiger partial charge in [0.05, 0.1) is 16.7 Å². The van der Waals surface area contributed by atoms with Crippen molar-refractivity contribution >= 4 is 39.3 Å². The summed E-state index contributed by atoms with van der Waals surface area (Å²) in [5, 5.41) is 12.3. The fourth-order valence-electron chi connectivity index (χ4n) is 2.67. The Morgan fingerprint density at radius 2 is 2.04 bits per heavy atom. The third-order valence-corrected chi connectivity index (χ3v) is 4.87. The van der Waals surface area contributed by atoms with E-state index in [0.29, 0.717) is 30.4 Å². The van der Waals surface area contributed by atoms with E-state index < -0.39 is 0 Å². The fourth-order valence-corrected chi connectivity index (χ4v) is 3.28. The van der Waals surface area contributed by atoms with Gasteiger partial charge in [0.2, 0.25) is 5.91 Å². The minimum absolute atomic E-state index is 0.110. The van der Waals surface area contributed by atoms with Crippen LogP contribution in [0.25, 0.3) is 0 Å². The van der Waals surface area contributed by atoms with Crippen molar-refractivity contribution in [3.8, 4) is 0 Å². The van der Waals surface area contributed by atoms with E-state index in [4.69, 9.17) is 11.6 Å². The first-order valence-electron chi connectivity index (χ1n) is 8.19. The molecule has 3 aromatic rings. The van der Waals surface area contributed by atoms with E-state index in [1.54, 1.807) is 4.68 Å². The minimum Gasteiger partial charge on any atom is -0.308 e. The molecule has 26 heavy (non-hydrogen) atoms. The van der Waals surface area contributed by atoms with Crippen molar-refractivity contribution in [2.75, 3.05) is 5.32 Å². The number of amides is 1. The molecule has 1 amide bonds. The Morgan fingerprint density at radius 1 is 1.27 bits per heavy atom. The van der Waals surface area contributed by atoms with Gasteiger partial charge in [-0.2, -0.15) is 10.2 Å². The summed E-state index contributed by atoms with van der Waals surface area (Å²) >= 11 is 9.63. The topological polar surface area (TPSA) is 64.7 Å². The van der Waals surface area contributed by atoms with Gasteiger partial charge in [0.15, 0.2) is 5.82 Å². The number of carbonyl (C=O) groups is 1. The molecule has 0 fully saturated rings. The molecule has 1 N–H and O–H groups in total.